The van der Waals surface area contributed by atoms with Crippen molar-refractivity contribution in [3.63, 3.8) is 0 Å². The molecule has 22 heavy (non-hydrogen) atoms. The molecule has 0 saturated carbocycles. The van der Waals surface area contributed by atoms with Gasteiger partial charge in [0.15, 0.2) is 0 Å². The summed E-state index contributed by atoms with van der Waals surface area (Å²) >= 11 is 3.43. The number of amides is 1. The van der Waals surface area contributed by atoms with Crippen molar-refractivity contribution in [3.8, 4) is 0 Å². The van der Waals surface area contributed by atoms with Crippen LogP contribution in [0.15, 0.2) is 22.8 Å². The summed E-state index contributed by atoms with van der Waals surface area (Å²) in [5, 5.41) is 7.40. The number of hydrogen-bond donors (Lipinski definition) is 1. The number of carbonyl (C=O) groups excluding carboxylic acids is 1. The zero-order valence-corrected chi connectivity index (χ0v) is 15.1. The van der Waals surface area contributed by atoms with E-state index in [0.29, 0.717) is 12.2 Å². The lowest BCUT2D eigenvalue weighted by atomic mass is 10.3. The molecule has 1 amide bonds. The third-order valence-electron chi connectivity index (χ3n) is 3.54. The molecule has 2 heterocycles. The van der Waals surface area contributed by atoms with Crippen LogP contribution < -0.4 is 5.32 Å². The Hall–Kier alpha value is -1.56. The molecular weight excluding hydrogens is 344 g/mol. The van der Waals surface area contributed by atoms with Crippen molar-refractivity contribution in [2.24, 2.45) is 0 Å². The van der Waals surface area contributed by atoms with Crippen LogP contribution in [0.2, 0.25) is 0 Å². The maximum atomic E-state index is 12.3. The van der Waals surface area contributed by atoms with Crippen LogP contribution in [0.25, 0.3) is 0 Å². The Kier molecular flexibility index (Phi) is 5.45. The normalized spacial score (nSPS) is 11.2. The van der Waals surface area contributed by atoms with Crippen molar-refractivity contribution >= 4 is 21.8 Å². The highest BCUT2D eigenvalue weighted by Crippen LogP contribution is 2.19. The van der Waals surface area contributed by atoms with Crippen LogP contribution in [0.3, 0.4) is 0 Å². The second kappa shape index (κ2) is 7.13. The summed E-state index contributed by atoms with van der Waals surface area (Å²) in [7, 11) is 0. The maximum absolute atomic E-state index is 12.3. The molecule has 0 atom stereocenters. The summed E-state index contributed by atoms with van der Waals surface area (Å²) in [5.74, 6) is -0.0345. The van der Waals surface area contributed by atoms with Crippen molar-refractivity contribution in [2.45, 2.75) is 46.7 Å². The van der Waals surface area contributed by atoms with E-state index in [1.807, 2.05) is 35.4 Å². The van der Waals surface area contributed by atoms with Crippen LogP contribution in [0.5, 0.6) is 0 Å². The van der Waals surface area contributed by atoms with Crippen LogP contribution in [0.1, 0.15) is 48.2 Å². The fourth-order valence-corrected chi connectivity index (χ4v) is 2.91. The summed E-state index contributed by atoms with van der Waals surface area (Å²) in [6.45, 7) is 9.61. The second-order valence-electron chi connectivity index (χ2n) is 5.80. The molecule has 0 aromatic carbocycles. The van der Waals surface area contributed by atoms with Crippen molar-refractivity contribution in [3.05, 3.63) is 39.9 Å². The lowest BCUT2D eigenvalue weighted by molar-refractivity contribution is 0.0942. The van der Waals surface area contributed by atoms with Crippen LogP contribution >= 0.6 is 15.9 Å². The van der Waals surface area contributed by atoms with E-state index < -0.39 is 0 Å². The fourth-order valence-electron chi connectivity index (χ4n) is 2.48. The summed E-state index contributed by atoms with van der Waals surface area (Å²) in [6, 6.07) is 4.17. The minimum atomic E-state index is -0.0345. The predicted molar refractivity (Wildman–Crippen MR) is 91.2 cm³/mol. The first-order valence-electron chi connectivity index (χ1n) is 7.55. The highest BCUT2D eigenvalue weighted by molar-refractivity contribution is 9.10. The molecule has 0 saturated heterocycles. The molecule has 2 aromatic rings. The first-order valence-corrected chi connectivity index (χ1v) is 8.34. The predicted octanol–water partition coefficient (Wildman–Crippen LogP) is 3.46. The standard InChI is InChI=1S/C16H23BrN4O/c1-11(2)20-10-14(17)9-15(20)16(22)18-6-5-7-21-13(4)8-12(3)19-21/h8-11H,5-7H2,1-4H3,(H,18,22). The van der Waals surface area contributed by atoms with Crippen molar-refractivity contribution in [1.29, 1.82) is 0 Å². The van der Waals surface area contributed by atoms with Gasteiger partial charge in [0.25, 0.3) is 5.91 Å². The van der Waals surface area contributed by atoms with Gasteiger partial charge in [0.05, 0.1) is 5.69 Å². The van der Waals surface area contributed by atoms with Crippen LogP contribution in [0, 0.1) is 13.8 Å². The summed E-state index contributed by atoms with van der Waals surface area (Å²) in [4.78, 5) is 12.3. The zero-order chi connectivity index (χ0) is 16.3. The van der Waals surface area contributed by atoms with E-state index in [1.54, 1.807) is 0 Å². The molecular formula is C16H23BrN4O. The van der Waals surface area contributed by atoms with Crippen molar-refractivity contribution < 1.29 is 4.79 Å². The van der Waals surface area contributed by atoms with Gasteiger partial charge < -0.3 is 9.88 Å². The molecule has 2 aromatic heterocycles. The van der Waals surface area contributed by atoms with Crippen molar-refractivity contribution in [1.82, 2.24) is 19.7 Å². The molecule has 0 radical (unpaired) electrons. The number of aryl methyl sites for hydroxylation is 3. The lowest BCUT2D eigenvalue weighted by Gasteiger charge is -2.12. The van der Waals surface area contributed by atoms with Gasteiger partial charge in [0.2, 0.25) is 0 Å². The molecule has 6 heteroatoms. The monoisotopic (exact) mass is 366 g/mol. The molecule has 0 fully saturated rings. The van der Waals surface area contributed by atoms with Gasteiger partial charge in [-0.15, -0.1) is 0 Å². The minimum Gasteiger partial charge on any atom is -0.351 e. The largest absolute Gasteiger partial charge is 0.351 e. The Balaban J connectivity index is 1.87. The number of halogens is 1. The number of aromatic nitrogens is 3. The van der Waals surface area contributed by atoms with E-state index in [0.717, 1.165) is 28.8 Å². The topological polar surface area (TPSA) is 51.9 Å². The molecule has 0 aliphatic carbocycles. The summed E-state index contributed by atoms with van der Waals surface area (Å²) in [5.41, 5.74) is 2.87. The van der Waals surface area contributed by atoms with Crippen LogP contribution in [-0.2, 0) is 6.54 Å². The average Bonchev–Trinajstić information content (AvgIpc) is 2.97. The van der Waals surface area contributed by atoms with E-state index in [1.165, 1.54) is 0 Å². The molecule has 1 N–H and O–H groups in total. The smallest absolute Gasteiger partial charge is 0.267 e. The Bertz CT molecular complexity index is 657. The quantitative estimate of drug-likeness (QED) is 0.795. The first-order chi connectivity index (χ1) is 10.4. The molecule has 0 aliphatic rings. The third kappa shape index (κ3) is 4.00. The van der Waals surface area contributed by atoms with E-state index in [2.05, 4.69) is 46.3 Å². The summed E-state index contributed by atoms with van der Waals surface area (Å²) < 4.78 is 4.88. The van der Waals surface area contributed by atoms with Crippen LogP contribution in [-0.4, -0.2) is 26.8 Å². The van der Waals surface area contributed by atoms with Gasteiger partial charge in [-0.1, -0.05) is 0 Å². The summed E-state index contributed by atoms with van der Waals surface area (Å²) in [6.07, 6.45) is 2.80. The van der Waals surface area contributed by atoms with Gasteiger partial charge in [-0.25, -0.2) is 0 Å². The van der Waals surface area contributed by atoms with E-state index >= 15 is 0 Å². The lowest BCUT2D eigenvalue weighted by Crippen LogP contribution is -2.28. The number of nitrogens with one attached hydrogen (secondary N) is 1. The number of hydrogen-bond acceptors (Lipinski definition) is 2. The average molecular weight is 367 g/mol. The molecule has 120 valence electrons. The van der Waals surface area contributed by atoms with E-state index in [4.69, 9.17) is 0 Å². The number of rotatable bonds is 6. The van der Waals surface area contributed by atoms with E-state index in [9.17, 15) is 4.79 Å². The Morgan fingerprint density at radius 1 is 1.36 bits per heavy atom. The van der Waals surface area contributed by atoms with E-state index in [-0.39, 0.29) is 11.9 Å². The van der Waals surface area contributed by atoms with Gasteiger partial charge in [-0.3, -0.25) is 9.48 Å². The molecule has 0 unspecified atom stereocenters. The fraction of sp³-hybridized carbons (Fsp3) is 0.500. The maximum Gasteiger partial charge on any atom is 0.267 e. The van der Waals surface area contributed by atoms with Gasteiger partial charge >= 0.3 is 0 Å². The number of carbonyl (C=O) groups is 1. The van der Waals surface area contributed by atoms with Crippen molar-refractivity contribution in [2.75, 3.05) is 6.54 Å². The molecule has 0 spiro atoms. The minimum absolute atomic E-state index is 0.0345. The Morgan fingerprint density at radius 3 is 2.68 bits per heavy atom. The molecule has 5 nitrogen and oxygen atoms in total. The third-order valence-corrected chi connectivity index (χ3v) is 3.97. The van der Waals surface area contributed by atoms with Gasteiger partial charge in [0, 0.05) is 35.5 Å². The highest BCUT2D eigenvalue weighted by Gasteiger charge is 2.14. The Morgan fingerprint density at radius 2 is 2.09 bits per heavy atom. The first kappa shape index (κ1) is 16.8. The van der Waals surface area contributed by atoms with Gasteiger partial charge in [-0.05, 0) is 62.2 Å². The van der Waals surface area contributed by atoms with Gasteiger partial charge in [0.1, 0.15) is 5.69 Å². The number of nitrogens with zero attached hydrogens (tertiary/aromatic N) is 3. The molecule has 0 aliphatic heterocycles. The Labute approximate surface area is 139 Å². The highest BCUT2D eigenvalue weighted by atomic mass is 79.9. The zero-order valence-electron chi connectivity index (χ0n) is 13.6. The molecule has 2 rings (SSSR count). The molecule has 0 bridgehead atoms. The van der Waals surface area contributed by atoms with Gasteiger partial charge in [-0.2, -0.15) is 5.10 Å². The second-order valence-corrected chi connectivity index (χ2v) is 6.72. The SMILES string of the molecule is Cc1cc(C)n(CCCNC(=O)c2cc(Br)cn2C(C)C)n1. The van der Waals surface area contributed by atoms with Crippen LogP contribution in [0.4, 0.5) is 0 Å².